The normalized spacial score (nSPS) is 21.9. The van der Waals surface area contributed by atoms with E-state index in [-0.39, 0.29) is 0 Å². The molecule has 1 fully saturated rings. The lowest BCUT2D eigenvalue weighted by Crippen LogP contribution is -2.42. The fourth-order valence-corrected chi connectivity index (χ4v) is 3.57. The zero-order valence-electron chi connectivity index (χ0n) is 13.1. The molecule has 112 valence electrons. The quantitative estimate of drug-likeness (QED) is 0.852. The number of hydrogen-bond donors (Lipinski definition) is 1. The number of piperidine rings is 1. The zero-order valence-corrected chi connectivity index (χ0v) is 13.1. The monoisotopic (exact) mass is 274 g/mol. The number of likely N-dealkylation sites (tertiary alicyclic amines) is 1. The van der Waals surface area contributed by atoms with Crippen molar-refractivity contribution in [1.29, 1.82) is 0 Å². The van der Waals surface area contributed by atoms with Crippen LogP contribution in [0, 0.1) is 0 Å². The van der Waals surface area contributed by atoms with E-state index in [1.54, 1.807) is 0 Å². The van der Waals surface area contributed by atoms with E-state index in [1.807, 2.05) is 0 Å². The van der Waals surface area contributed by atoms with Gasteiger partial charge in [-0.1, -0.05) is 44.5 Å². The smallest absolute Gasteiger partial charge is 0.0348 e. The molecule has 0 bridgehead atoms. The van der Waals surface area contributed by atoms with E-state index in [1.165, 1.54) is 43.4 Å². The second-order valence-electron chi connectivity index (χ2n) is 5.98. The van der Waals surface area contributed by atoms with Gasteiger partial charge in [-0.3, -0.25) is 4.90 Å². The SMILES string of the molecule is CCc1ccc(C(CC)N2CCCCC2CCN)cc1. The van der Waals surface area contributed by atoms with Crippen LogP contribution in [0.1, 0.15) is 63.1 Å². The minimum absolute atomic E-state index is 0.567. The summed E-state index contributed by atoms with van der Waals surface area (Å²) in [6.07, 6.45) is 7.48. The van der Waals surface area contributed by atoms with Gasteiger partial charge in [0.2, 0.25) is 0 Å². The molecule has 1 aromatic carbocycles. The Kier molecular flexibility index (Phi) is 6.06. The van der Waals surface area contributed by atoms with E-state index in [9.17, 15) is 0 Å². The molecule has 0 saturated carbocycles. The first-order chi connectivity index (χ1) is 9.80. The van der Waals surface area contributed by atoms with E-state index < -0.39 is 0 Å². The van der Waals surface area contributed by atoms with Gasteiger partial charge in [-0.25, -0.2) is 0 Å². The van der Waals surface area contributed by atoms with Crippen LogP contribution in [-0.4, -0.2) is 24.0 Å². The van der Waals surface area contributed by atoms with Gasteiger partial charge in [0.1, 0.15) is 0 Å². The van der Waals surface area contributed by atoms with Gasteiger partial charge >= 0.3 is 0 Å². The number of hydrogen-bond acceptors (Lipinski definition) is 2. The maximum absolute atomic E-state index is 5.81. The molecule has 1 aliphatic heterocycles. The molecule has 2 unspecified atom stereocenters. The predicted molar refractivity (Wildman–Crippen MR) is 86.9 cm³/mol. The molecule has 1 aromatic rings. The summed E-state index contributed by atoms with van der Waals surface area (Å²) in [4.78, 5) is 2.72. The van der Waals surface area contributed by atoms with Crippen molar-refractivity contribution in [2.45, 2.75) is 64.5 Å². The number of rotatable bonds is 6. The summed E-state index contributed by atoms with van der Waals surface area (Å²) in [6.45, 7) is 6.58. The summed E-state index contributed by atoms with van der Waals surface area (Å²) in [5.41, 5.74) is 8.72. The van der Waals surface area contributed by atoms with Crippen LogP contribution in [0.4, 0.5) is 0 Å². The highest BCUT2D eigenvalue weighted by Crippen LogP contribution is 2.32. The third kappa shape index (κ3) is 3.62. The number of nitrogens with zero attached hydrogens (tertiary/aromatic N) is 1. The van der Waals surface area contributed by atoms with E-state index in [0.717, 1.165) is 19.4 Å². The molecule has 2 heteroatoms. The second kappa shape index (κ2) is 7.80. The Labute approximate surface area is 124 Å². The second-order valence-corrected chi connectivity index (χ2v) is 5.98. The molecular formula is C18H30N2. The Morgan fingerprint density at radius 2 is 1.95 bits per heavy atom. The number of aryl methyl sites for hydroxylation is 1. The van der Waals surface area contributed by atoms with E-state index in [4.69, 9.17) is 5.73 Å². The Morgan fingerprint density at radius 1 is 1.20 bits per heavy atom. The molecule has 2 N–H and O–H groups in total. The summed E-state index contributed by atoms with van der Waals surface area (Å²) < 4.78 is 0. The van der Waals surface area contributed by atoms with Crippen LogP contribution in [0.25, 0.3) is 0 Å². The molecule has 1 heterocycles. The van der Waals surface area contributed by atoms with Crippen molar-refractivity contribution in [3.63, 3.8) is 0 Å². The summed E-state index contributed by atoms with van der Waals surface area (Å²) in [5, 5.41) is 0. The topological polar surface area (TPSA) is 29.3 Å². The largest absolute Gasteiger partial charge is 0.330 e. The first-order valence-corrected chi connectivity index (χ1v) is 8.34. The highest BCUT2D eigenvalue weighted by Gasteiger charge is 2.28. The van der Waals surface area contributed by atoms with Crippen molar-refractivity contribution < 1.29 is 0 Å². The van der Waals surface area contributed by atoms with Crippen LogP contribution in [0.3, 0.4) is 0 Å². The van der Waals surface area contributed by atoms with Gasteiger partial charge in [-0.2, -0.15) is 0 Å². The van der Waals surface area contributed by atoms with Gasteiger partial charge in [0.25, 0.3) is 0 Å². The number of benzene rings is 1. The minimum atomic E-state index is 0.567. The summed E-state index contributed by atoms with van der Waals surface area (Å²) in [5.74, 6) is 0. The van der Waals surface area contributed by atoms with Crippen molar-refractivity contribution in [3.8, 4) is 0 Å². The van der Waals surface area contributed by atoms with Crippen molar-refractivity contribution in [2.75, 3.05) is 13.1 Å². The third-order valence-corrected chi connectivity index (χ3v) is 4.73. The standard InChI is InChI=1S/C18H30N2/c1-3-15-8-10-16(11-9-15)18(4-2)20-14-6-5-7-17(20)12-13-19/h8-11,17-18H,3-7,12-14,19H2,1-2H3. The fourth-order valence-electron chi connectivity index (χ4n) is 3.57. The fraction of sp³-hybridized carbons (Fsp3) is 0.667. The lowest BCUT2D eigenvalue weighted by atomic mass is 9.93. The summed E-state index contributed by atoms with van der Waals surface area (Å²) >= 11 is 0. The average Bonchev–Trinajstić information content (AvgIpc) is 2.51. The van der Waals surface area contributed by atoms with Crippen LogP contribution >= 0.6 is 0 Å². The van der Waals surface area contributed by atoms with E-state index in [0.29, 0.717) is 12.1 Å². The Bertz CT molecular complexity index is 383. The molecule has 2 rings (SSSR count). The molecule has 0 aliphatic carbocycles. The molecule has 0 radical (unpaired) electrons. The van der Waals surface area contributed by atoms with Gasteiger partial charge in [0.05, 0.1) is 0 Å². The van der Waals surface area contributed by atoms with Gasteiger partial charge in [-0.05, 0) is 56.3 Å². The van der Waals surface area contributed by atoms with Crippen LogP contribution < -0.4 is 5.73 Å². The van der Waals surface area contributed by atoms with E-state index in [2.05, 4.69) is 43.0 Å². The number of nitrogens with two attached hydrogens (primary N) is 1. The van der Waals surface area contributed by atoms with Crippen molar-refractivity contribution >= 4 is 0 Å². The average molecular weight is 274 g/mol. The van der Waals surface area contributed by atoms with Gasteiger partial charge in [0, 0.05) is 12.1 Å². The van der Waals surface area contributed by atoms with Crippen molar-refractivity contribution in [2.24, 2.45) is 5.73 Å². The summed E-state index contributed by atoms with van der Waals surface area (Å²) in [7, 11) is 0. The van der Waals surface area contributed by atoms with E-state index >= 15 is 0 Å². The molecule has 1 saturated heterocycles. The van der Waals surface area contributed by atoms with Crippen molar-refractivity contribution in [3.05, 3.63) is 35.4 Å². The molecule has 2 atom stereocenters. The minimum Gasteiger partial charge on any atom is -0.330 e. The van der Waals surface area contributed by atoms with Crippen LogP contribution in [0.15, 0.2) is 24.3 Å². The third-order valence-electron chi connectivity index (χ3n) is 4.73. The highest BCUT2D eigenvalue weighted by atomic mass is 15.2. The summed E-state index contributed by atoms with van der Waals surface area (Å²) in [6, 6.07) is 10.5. The Morgan fingerprint density at radius 3 is 2.55 bits per heavy atom. The molecule has 0 aromatic heterocycles. The van der Waals surface area contributed by atoms with Gasteiger partial charge < -0.3 is 5.73 Å². The van der Waals surface area contributed by atoms with Gasteiger partial charge in [-0.15, -0.1) is 0 Å². The lowest BCUT2D eigenvalue weighted by Gasteiger charge is -2.41. The van der Waals surface area contributed by atoms with Gasteiger partial charge in [0.15, 0.2) is 0 Å². The first-order valence-electron chi connectivity index (χ1n) is 8.34. The van der Waals surface area contributed by atoms with Crippen LogP contribution in [0.5, 0.6) is 0 Å². The predicted octanol–water partition coefficient (Wildman–Crippen LogP) is 3.90. The van der Waals surface area contributed by atoms with Crippen LogP contribution in [-0.2, 0) is 6.42 Å². The molecule has 0 amide bonds. The lowest BCUT2D eigenvalue weighted by molar-refractivity contribution is 0.0871. The highest BCUT2D eigenvalue weighted by molar-refractivity contribution is 5.25. The van der Waals surface area contributed by atoms with Crippen LogP contribution in [0.2, 0.25) is 0 Å². The first kappa shape index (κ1) is 15.5. The maximum atomic E-state index is 5.81. The molecule has 2 nitrogen and oxygen atoms in total. The Balaban J connectivity index is 2.15. The molecule has 0 spiro atoms. The zero-order chi connectivity index (χ0) is 14.4. The molecule has 1 aliphatic rings. The molecular weight excluding hydrogens is 244 g/mol. The Hall–Kier alpha value is -0.860. The molecule has 20 heavy (non-hydrogen) atoms. The van der Waals surface area contributed by atoms with Crippen molar-refractivity contribution in [1.82, 2.24) is 4.90 Å². The maximum Gasteiger partial charge on any atom is 0.0348 e.